The number of rotatable bonds is 3. The molecule has 3 rings (SSSR count). The van der Waals surface area contributed by atoms with E-state index < -0.39 is 0 Å². The van der Waals surface area contributed by atoms with Gasteiger partial charge in [0.15, 0.2) is 0 Å². The molecular weight excluding hydrogens is 250 g/mol. The van der Waals surface area contributed by atoms with Crippen molar-refractivity contribution in [1.29, 1.82) is 0 Å². The van der Waals surface area contributed by atoms with Crippen molar-refractivity contribution in [2.45, 2.75) is 6.61 Å². The summed E-state index contributed by atoms with van der Waals surface area (Å²) in [6.07, 6.45) is 0. The van der Waals surface area contributed by atoms with Crippen molar-refractivity contribution in [2.24, 2.45) is 0 Å². The Morgan fingerprint density at radius 3 is 2.45 bits per heavy atom. The van der Waals surface area contributed by atoms with Crippen molar-refractivity contribution >= 4 is 10.9 Å². The molecule has 1 aromatic heterocycles. The van der Waals surface area contributed by atoms with Gasteiger partial charge in [0.2, 0.25) is 0 Å². The van der Waals surface area contributed by atoms with E-state index in [1.165, 1.54) is 0 Å². The summed E-state index contributed by atoms with van der Waals surface area (Å²) in [5.41, 5.74) is 3.40. The van der Waals surface area contributed by atoms with Crippen LogP contribution in [0.3, 0.4) is 0 Å². The van der Waals surface area contributed by atoms with Gasteiger partial charge in [-0.05, 0) is 11.6 Å². The molecule has 3 heteroatoms. The number of ether oxygens (including phenoxy) is 1. The Morgan fingerprint density at radius 2 is 1.70 bits per heavy atom. The molecule has 100 valence electrons. The topological polar surface area (TPSA) is 42.1 Å². The van der Waals surface area contributed by atoms with E-state index in [9.17, 15) is 4.79 Å². The lowest BCUT2D eigenvalue weighted by Crippen LogP contribution is -2.15. The molecule has 0 saturated carbocycles. The van der Waals surface area contributed by atoms with Gasteiger partial charge >= 0.3 is 0 Å². The molecule has 0 aliphatic rings. The highest BCUT2D eigenvalue weighted by atomic mass is 16.5. The molecule has 2 aromatic carbocycles. The minimum Gasteiger partial charge on any atom is -0.380 e. The average molecular weight is 265 g/mol. The molecule has 0 aliphatic heterocycles. The van der Waals surface area contributed by atoms with Crippen molar-refractivity contribution in [3.8, 4) is 11.1 Å². The van der Waals surface area contributed by atoms with Crippen LogP contribution in [0.4, 0.5) is 0 Å². The first kappa shape index (κ1) is 12.6. The standard InChI is InChI=1S/C17H15NO2/c1-20-11-14-16(12-7-3-2-4-8-12)13-9-5-6-10-15(13)18-17(14)19/h2-10H,11H2,1H3,(H,18,19). The van der Waals surface area contributed by atoms with Crippen LogP contribution in [0.1, 0.15) is 5.56 Å². The van der Waals surface area contributed by atoms with E-state index in [0.29, 0.717) is 12.2 Å². The fraction of sp³-hybridized carbons (Fsp3) is 0.118. The minimum absolute atomic E-state index is 0.0931. The molecule has 20 heavy (non-hydrogen) atoms. The maximum atomic E-state index is 12.3. The van der Waals surface area contributed by atoms with Gasteiger partial charge in [-0.15, -0.1) is 0 Å². The van der Waals surface area contributed by atoms with Crippen LogP contribution < -0.4 is 5.56 Å². The zero-order valence-electron chi connectivity index (χ0n) is 11.2. The Labute approximate surface area is 116 Å². The third-order valence-electron chi connectivity index (χ3n) is 3.37. The van der Waals surface area contributed by atoms with Crippen molar-refractivity contribution in [2.75, 3.05) is 7.11 Å². The highest BCUT2D eigenvalue weighted by Gasteiger charge is 2.13. The summed E-state index contributed by atoms with van der Waals surface area (Å²) in [5, 5.41) is 1.03. The quantitative estimate of drug-likeness (QED) is 0.789. The lowest BCUT2D eigenvalue weighted by molar-refractivity contribution is 0.184. The second-order valence-corrected chi connectivity index (χ2v) is 4.65. The molecule has 0 spiro atoms. The molecule has 0 bridgehead atoms. The molecule has 0 unspecified atom stereocenters. The fourth-order valence-electron chi connectivity index (χ4n) is 2.50. The fourth-order valence-corrected chi connectivity index (χ4v) is 2.50. The van der Waals surface area contributed by atoms with E-state index in [2.05, 4.69) is 4.98 Å². The molecule has 1 heterocycles. The van der Waals surface area contributed by atoms with E-state index in [0.717, 1.165) is 22.0 Å². The predicted molar refractivity (Wildman–Crippen MR) is 80.7 cm³/mol. The van der Waals surface area contributed by atoms with Gasteiger partial charge in [0.05, 0.1) is 12.2 Å². The second kappa shape index (κ2) is 5.31. The van der Waals surface area contributed by atoms with E-state index >= 15 is 0 Å². The number of aromatic nitrogens is 1. The van der Waals surface area contributed by atoms with Gasteiger partial charge in [0.1, 0.15) is 0 Å². The highest BCUT2D eigenvalue weighted by Crippen LogP contribution is 2.29. The number of hydrogen-bond donors (Lipinski definition) is 1. The molecule has 3 nitrogen and oxygen atoms in total. The maximum absolute atomic E-state index is 12.3. The lowest BCUT2D eigenvalue weighted by Gasteiger charge is -2.12. The molecule has 0 fully saturated rings. The zero-order chi connectivity index (χ0) is 13.9. The van der Waals surface area contributed by atoms with E-state index in [1.54, 1.807) is 7.11 Å². The van der Waals surface area contributed by atoms with Gasteiger partial charge < -0.3 is 9.72 Å². The lowest BCUT2D eigenvalue weighted by atomic mass is 9.96. The van der Waals surface area contributed by atoms with Gasteiger partial charge in [-0.1, -0.05) is 48.5 Å². The third-order valence-corrected chi connectivity index (χ3v) is 3.37. The number of nitrogens with one attached hydrogen (secondary N) is 1. The first-order chi connectivity index (χ1) is 9.81. The summed E-state index contributed by atoms with van der Waals surface area (Å²) < 4.78 is 5.20. The van der Waals surface area contributed by atoms with Crippen LogP contribution in [0.5, 0.6) is 0 Å². The van der Waals surface area contributed by atoms with Crippen molar-refractivity contribution in [1.82, 2.24) is 4.98 Å². The molecule has 0 radical (unpaired) electrons. The van der Waals surface area contributed by atoms with Crippen molar-refractivity contribution < 1.29 is 4.74 Å². The number of para-hydroxylation sites is 1. The smallest absolute Gasteiger partial charge is 0.254 e. The Kier molecular flexibility index (Phi) is 3.35. The SMILES string of the molecule is COCc1c(-c2ccccc2)c2ccccc2[nH]c1=O. The van der Waals surface area contributed by atoms with Gasteiger partial charge in [0.25, 0.3) is 5.56 Å². The second-order valence-electron chi connectivity index (χ2n) is 4.65. The van der Waals surface area contributed by atoms with E-state index in [1.807, 2.05) is 54.6 Å². The first-order valence-electron chi connectivity index (χ1n) is 6.49. The van der Waals surface area contributed by atoms with Crippen LogP contribution in [0, 0.1) is 0 Å². The number of hydrogen-bond acceptors (Lipinski definition) is 2. The molecular formula is C17H15NO2. The van der Waals surface area contributed by atoms with Crippen molar-refractivity contribution in [3.63, 3.8) is 0 Å². The molecule has 0 amide bonds. The van der Waals surface area contributed by atoms with Crippen LogP contribution in [0.2, 0.25) is 0 Å². The van der Waals surface area contributed by atoms with Gasteiger partial charge in [-0.2, -0.15) is 0 Å². The summed E-state index contributed by atoms with van der Waals surface area (Å²) in [5.74, 6) is 0. The van der Waals surface area contributed by atoms with Crippen LogP contribution in [-0.4, -0.2) is 12.1 Å². The van der Waals surface area contributed by atoms with Crippen LogP contribution in [-0.2, 0) is 11.3 Å². The summed E-state index contributed by atoms with van der Waals surface area (Å²) in [4.78, 5) is 15.2. The minimum atomic E-state index is -0.0931. The predicted octanol–water partition coefficient (Wildman–Crippen LogP) is 3.34. The average Bonchev–Trinajstić information content (AvgIpc) is 2.49. The van der Waals surface area contributed by atoms with E-state index in [-0.39, 0.29) is 5.56 Å². The number of benzene rings is 2. The Hall–Kier alpha value is -2.39. The Balaban J connectivity index is 2.42. The van der Waals surface area contributed by atoms with Crippen LogP contribution >= 0.6 is 0 Å². The van der Waals surface area contributed by atoms with Crippen LogP contribution in [0.25, 0.3) is 22.0 Å². The summed E-state index contributed by atoms with van der Waals surface area (Å²) in [6.45, 7) is 0.296. The van der Waals surface area contributed by atoms with Gasteiger partial charge in [-0.25, -0.2) is 0 Å². The molecule has 0 aliphatic carbocycles. The Morgan fingerprint density at radius 1 is 1.00 bits per heavy atom. The van der Waals surface area contributed by atoms with Crippen LogP contribution in [0.15, 0.2) is 59.4 Å². The number of H-pyrrole nitrogens is 1. The summed E-state index contributed by atoms with van der Waals surface area (Å²) in [6, 6.07) is 17.8. The summed E-state index contributed by atoms with van der Waals surface area (Å²) in [7, 11) is 1.60. The zero-order valence-corrected chi connectivity index (χ0v) is 11.2. The molecule has 3 aromatic rings. The largest absolute Gasteiger partial charge is 0.380 e. The maximum Gasteiger partial charge on any atom is 0.254 e. The molecule has 1 N–H and O–H groups in total. The third kappa shape index (κ3) is 2.12. The normalized spacial score (nSPS) is 10.8. The summed E-state index contributed by atoms with van der Waals surface area (Å²) >= 11 is 0. The van der Waals surface area contributed by atoms with Gasteiger partial charge in [0, 0.05) is 23.6 Å². The highest BCUT2D eigenvalue weighted by molar-refractivity contribution is 5.95. The number of fused-ring (bicyclic) bond motifs is 1. The monoisotopic (exact) mass is 265 g/mol. The Bertz CT molecular complexity index is 791. The number of aromatic amines is 1. The van der Waals surface area contributed by atoms with Gasteiger partial charge in [-0.3, -0.25) is 4.79 Å². The molecule has 0 saturated heterocycles. The number of methoxy groups -OCH3 is 1. The molecule has 0 atom stereocenters. The number of pyridine rings is 1. The van der Waals surface area contributed by atoms with Crippen molar-refractivity contribution in [3.05, 3.63) is 70.5 Å². The first-order valence-corrected chi connectivity index (χ1v) is 6.49. The van der Waals surface area contributed by atoms with E-state index in [4.69, 9.17) is 4.74 Å².